The van der Waals surface area contributed by atoms with Gasteiger partial charge in [-0.1, -0.05) is 66.7 Å². The van der Waals surface area contributed by atoms with E-state index in [9.17, 15) is 24.6 Å². The van der Waals surface area contributed by atoms with Crippen molar-refractivity contribution in [2.24, 2.45) is 0 Å². The maximum absolute atomic E-state index is 13.6. The van der Waals surface area contributed by atoms with Crippen molar-refractivity contribution in [1.82, 2.24) is 15.2 Å². The first-order chi connectivity index (χ1) is 20.8. The molecule has 0 aliphatic carbocycles. The van der Waals surface area contributed by atoms with Crippen molar-refractivity contribution in [2.75, 3.05) is 5.75 Å². The molecule has 9 nitrogen and oxygen atoms in total. The molecule has 6 rings (SSSR count). The molecule has 11 heteroatoms. The predicted octanol–water partition coefficient (Wildman–Crippen LogP) is 4.77. The highest BCUT2D eigenvalue weighted by Gasteiger charge is 2.54. The summed E-state index contributed by atoms with van der Waals surface area (Å²) in [6.07, 6.45) is -0.746. The zero-order valence-electron chi connectivity index (χ0n) is 23.0. The third-order valence-electron chi connectivity index (χ3n) is 7.23. The number of aromatic hydroxyl groups is 2. The zero-order valence-corrected chi connectivity index (χ0v) is 24.6. The van der Waals surface area contributed by atoms with Crippen molar-refractivity contribution in [2.45, 2.75) is 30.9 Å². The van der Waals surface area contributed by atoms with E-state index < -0.39 is 29.4 Å². The number of phenols is 2. The molecule has 3 aromatic carbocycles. The number of rotatable bonds is 8. The summed E-state index contributed by atoms with van der Waals surface area (Å²) in [5, 5.41) is 24.6. The molecule has 0 radical (unpaired) electrons. The van der Waals surface area contributed by atoms with Gasteiger partial charge >= 0.3 is 5.97 Å². The molecule has 3 heterocycles. The van der Waals surface area contributed by atoms with Crippen LogP contribution in [0.15, 0.2) is 95.5 Å². The van der Waals surface area contributed by atoms with Gasteiger partial charge in [0.1, 0.15) is 33.6 Å². The molecule has 2 atom stereocenters. The van der Waals surface area contributed by atoms with E-state index in [0.29, 0.717) is 16.5 Å². The van der Waals surface area contributed by atoms with E-state index in [1.165, 1.54) is 46.2 Å². The molecule has 1 saturated heterocycles. The molecule has 1 fully saturated rings. The number of phenolic OH excluding ortho intramolecular Hbond substituents is 2. The minimum absolute atomic E-state index is 0.0916. The van der Waals surface area contributed by atoms with Gasteiger partial charge in [-0.15, -0.1) is 23.1 Å². The number of hydrogen-bond acceptors (Lipinski definition) is 9. The van der Waals surface area contributed by atoms with Crippen molar-refractivity contribution in [3.63, 3.8) is 0 Å². The quantitative estimate of drug-likeness (QED) is 0.192. The number of nitrogens with zero attached hydrogens (tertiary/aromatic N) is 2. The second-order valence-electron chi connectivity index (χ2n) is 10.2. The summed E-state index contributed by atoms with van der Waals surface area (Å²) in [7, 11) is 0. The topological polar surface area (TPSA) is 129 Å². The van der Waals surface area contributed by atoms with Crippen LogP contribution in [0, 0.1) is 0 Å². The van der Waals surface area contributed by atoms with Gasteiger partial charge in [-0.05, 0) is 35.8 Å². The molecule has 1 aromatic heterocycles. The summed E-state index contributed by atoms with van der Waals surface area (Å²) < 4.78 is 6.05. The number of thioether (sulfide) groups is 1. The second kappa shape index (κ2) is 11.9. The Morgan fingerprint density at radius 2 is 1.63 bits per heavy atom. The Kier molecular flexibility index (Phi) is 7.92. The van der Waals surface area contributed by atoms with E-state index in [0.717, 1.165) is 16.7 Å². The Balaban J connectivity index is 1.14. The Labute approximate surface area is 255 Å². The molecule has 0 spiro atoms. The minimum Gasteiger partial charge on any atom is -0.507 e. The van der Waals surface area contributed by atoms with E-state index in [1.54, 1.807) is 12.3 Å². The van der Waals surface area contributed by atoms with Crippen LogP contribution >= 0.6 is 23.1 Å². The van der Waals surface area contributed by atoms with Crippen LogP contribution in [0.25, 0.3) is 10.6 Å². The number of benzene rings is 3. The SMILES string of the molecule is CC1=C(C(=O)OC(c2ccccc2)c2ccccc2)N2C(=O)[C@@H](NC(=O)Cc3csc(-c4c(O)cccc4O)n3)[C@H]2SC1. The normalized spacial score (nSPS) is 17.8. The van der Waals surface area contributed by atoms with Gasteiger partial charge in [0.2, 0.25) is 5.91 Å². The van der Waals surface area contributed by atoms with Crippen LogP contribution in [0.5, 0.6) is 11.5 Å². The summed E-state index contributed by atoms with van der Waals surface area (Å²) in [6, 6.07) is 22.5. The average Bonchev–Trinajstić information content (AvgIpc) is 3.46. The number of aromatic nitrogens is 1. The van der Waals surface area contributed by atoms with E-state index in [4.69, 9.17) is 4.74 Å². The fourth-order valence-electron chi connectivity index (χ4n) is 5.15. The number of amides is 2. The first kappa shape index (κ1) is 28.5. The Morgan fingerprint density at radius 1 is 1.00 bits per heavy atom. The van der Waals surface area contributed by atoms with Crippen molar-refractivity contribution >= 4 is 40.9 Å². The molecule has 2 aliphatic heterocycles. The van der Waals surface area contributed by atoms with Crippen LogP contribution in [-0.2, 0) is 25.5 Å². The lowest BCUT2D eigenvalue weighted by molar-refractivity contribution is -0.154. The lowest BCUT2D eigenvalue weighted by atomic mass is 10.0. The Morgan fingerprint density at radius 3 is 2.26 bits per heavy atom. The molecule has 2 aliphatic rings. The van der Waals surface area contributed by atoms with Crippen LogP contribution in [0.1, 0.15) is 29.8 Å². The molecule has 4 aromatic rings. The minimum atomic E-state index is -0.798. The molecule has 0 saturated carbocycles. The van der Waals surface area contributed by atoms with E-state index in [1.807, 2.05) is 60.7 Å². The van der Waals surface area contributed by atoms with Gasteiger partial charge in [0.05, 0.1) is 17.7 Å². The van der Waals surface area contributed by atoms with Crippen LogP contribution in [0.3, 0.4) is 0 Å². The maximum Gasteiger partial charge on any atom is 0.356 e. The highest BCUT2D eigenvalue weighted by molar-refractivity contribution is 8.00. The monoisotopic (exact) mass is 613 g/mol. The predicted molar refractivity (Wildman–Crippen MR) is 163 cm³/mol. The highest BCUT2D eigenvalue weighted by atomic mass is 32.2. The molecule has 0 unspecified atom stereocenters. The summed E-state index contributed by atoms with van der Waals surface area (Å²) >= 11 is 2.66. The molecular formula is C32H27N3O6S2. The first-order valence-corrected chi connectivity index (χ1v) is 15.4. The highest BCUT2D eigenvalue weighted by Crippen LogP contribution is 2.42. The van der Waals surface area contributed by atoms with Crippen LogP contribution in [-0.4, -0.2) is 55.0 Å². The number of fused-ring (bicyclic) bond motifs is 1. The lowest BCUT2D eigenvalue weighted by Gasteiger charge is -2.49. The molecule has 2 amide bonds. The molecule has 43 heavy (non-hydrogen) atoms. The number of ether oxygens (including phenoxy) is 1. The third-order valence-corrected chi connectivity index (χ3v) is 9.56. The maximum atomic E-state index is 13.6. The van der Waals surface area contributed by atoms with E-state index in [2.05, 4.69) is 10.3 Å². The molecule has 218 valence electrons. The van der Waals surface area contributed by atoms with Gasteiger partial charge in [-0.2, -0.15) is 0 Å². The summed E-state index contributed by atoms with van der Waals surface area (Å²) in [5.41, 5.74) is 3.20. The third kappa shape index (κ3) is 5.61. The molecule has 3 N–H and O–H groups in total. The lowest BCUT2D eigenvalue weighted by Crippen LogP contribution is -2.70. The van der Waals surface area contributed by atoms with Crippen molar-refractivity contribution in [3.05, 3.63) is 112 Å². The van der Waals surface area contributed by atoms with Gasteiger partial charge < -0.3 is 20.3 Å². The van der Waals surface area contributed by atoms with Gasteiger partial charge in [0.25, 0.3) is 5.91 Å². The summed E-state index contributed by atoms with van der Waals surface area (Å²) in [4.78, 5) is 45.7. The van der Waals surface area contributed by atoms with Gasteiger partial charge in [-0.3, -0.25) is 14.5 Å². The fraction of sp³-hybridized carbons (Fsp3) is 0.188. The standard InChI is InChI=1S/C32H27N3O6S2/c1-18-16-43-31-26(34-24(38)15-21-17-42-29(33-21)25-22(36)13-8-14-23(25)37)30(39)35(31)27(18)32(40)41-28(19-9-4-2-5-10-19)20-11-6-3-7-12-20/h2-14,17,26,28,31,36-37H,15-16H2,1H3,(H,34,38)/t26-,31-/m1/s1. The number of esters is 1. The van der Waals surface area contributed by atoms with Crippen molar-refractivity contribution < 1.29 is 29.3 Å². The van der Waals surface area contributed by atoms with Crippen LogP contribution < -0.4 is 5.32 Å². The van der Waals surface area contributed by atoms with Gasteiger partial charge in [0.15, 0.2) is 6.10 Å². The number of nitrogens with one attached hydrogen (secondary N) is 1. The summed E-state index contributed by atoms with van der Waals surface area (Å²) in [6.45, 7) is 1.81. The Bertz CT molecular complexity index is 1660. The van der Waals surface area contributed by atoms with E-state index >= 15 is 0 Å². The van der Waals surface area contributed by atoms with Crippen LogP contribution in [0.4, 0.5) is 0 Å². The molecular weight excluding hydrogens is 587 g/mol. The smallest absolute Gasteiger partial charge is 0.356 e. The van der Waals surface area contributed by atoms with Crippen molar-refractivity contribution in [3.8, 4) is 22.1 Å². The molecule has 0 bridgehead atoms. The first-order valence-electron chi connectivity index (χ1n) is 13.5. The number of β-lactam (4-membered cyclic amide) rings is 1. The average molecular weight is 614 g/mol. The zero-order chi connectivity index (χ0) is 30.1. The number of hydrogen-bond donors (Lipinski definition) is 3. The number of thiazole rings is 1. The largest absolute Gasteiger partial charge is 0.507 e. The second-order valence-corrected chi connectivity index (χ2v) is 12.1. The number of carbonyl (C=O) groups excluding carboxylic acids is 3. The van der Waals surface area contributed by atoms with Crippen molar-refractivity contribution in [1.29, 1.82) is 0 Å². The van der Waals surface area contributed by atoms with E-state index in [-0.39, 0.29) is 35.1 Å². The number of carbonyl (C=O) groups is 3. The fourth-order valence-corrected chi connectivity index (χ4v) is 7.32. The summed E-state index contributed by atoms with van der Waals surface area (Å²) in [5.74, 6) is -1.10. The van der Waals surface area contributed by atoms with Gasteiger partial charge in [0, 0.05) is 11.1 Å². The van der Waals surface area contributed by atoms with Crippen LogP contribution in [0.2, 0.25) is 0 Å². The van der Waals surface area contributed by atoms with Gasteiger partial charge in [-0.25, -0.2) is 9.78 Å². The Hall–Kier alpha value is -4.61.